The summed E-state index contributed by atoms with van der Waals surface area (Å²) in [5.41, 5.74) is 10.9. The first-order chi connectivity index (χ1) is 12.6. The number of rotatable bonds is 1. The lowest BCUT2D eigenvalue weighted by molar-refractivity contribution is -0.535. The van der Waals surface area contributed by atoms with Crippen molar-refractivity contribution in [3.8, 4) is 11.1 Å². The Morgan fingerprint density at radius 2 is 1.50 bits per heavy atom. The molecule has 0 bridgehead atoms. The number of benzene rings is 3. The molecular weight excluding hydrogens is 318 g/mol. The zero-order valence-corrected chi connectivity index (χ0v) is 15.2. The highest BCUT2D eigenvalue weighted by Crippen LogP contribution is 2.45. The van der Waals surface area contributed by atoms with Gasteiger partial charge in [-0.1, -0.05) is 60.2 Å². The molecule has 126 valence electrons. The lowest BCUT2D eigenvalue weighted by Crippen LogP contribution is -2.25. The summed E-state index contributed by atoms with van der Waals surface area (Å²) in [6.45, 7) is 6.43. The molecule has 1 heterocycles. The first kappa shape index (κ1) is 15.2. The summed E-state index contributed by atoms with van der Waals surface area (Å²) in [6, 6.07) is 21.7. The van der Waals surface area contributed by atoms with Crippen molar-refractivity contribution in [1.29, 1.82) is 0 Å². The van der Waals surface area contributed by atoms with E-state index in [2.05, 4.69) is 96.5 Å². The Morgan fingerprint density at radius 3 is 2.27 bits per heavy atom. The van der Waals surface area contributed by atoms with E-state index >= 15 is 0 Å². The van der Waals surface area contributed by atoms with E-state index in [0.29, 0.717) is 0 Å². The SMILES string of the molecule is Cc1ccc2c(c1)-c1ccccc1C1=NN=[N+](c3c(C)cccc3C)C12. The lowest BCUT2D eigenvalue weighted by atomic mass is 9.80. The Hall–Kier alpha value is -3.07. The van der Waals surface area contributed by atoms with Crippen LogP contribution >= 0.6 is 0 Å². The van der Waals surface area contributed by atoms with E-state index in [9.17, 15) is 0 Å². The van der Waals surface area contributed by atoms with Gasteiger partial charge in [0.25, 0.3) is 0 Å². The Bertz CT molecular complexity index is 1100. The predicted octanol–water partition coefficient (Wildman–Crippen LogP) is 5.85. The lowest BCUT2D eigenvalue weighted by Gasteiger charge is -2.24. The average molecular weight is 338 g/mol. The molecule has 0 saturated heterocycles. The van der Waals surface area contributed by atoms with E-state index < -0.39 is 0 Å². The molecule has 1 unspecified atom stereocenters. The third-order valence-electron chi connectivity index (χ3n) is 5.42. The van der Waals surface area contributed by atoms with Gasteiger partial charge in [0, 0.05) is 11.1 Å². The molecular formula is C23H20N3+. The van der Waals surface area contributed by atoms with Crippen LogP contribution in [0.2, 0.25) is 0 Å². The summed E-state index contributed by atoms with van der Waals surface area (Å²) in [5.74, 6) is 0. The zero-order chi connectivity index (χ0) is 17.8. The Kier molecular flexibility index (Phi) is 3.20. The molecule has 0 N–H and O–H groups in total. The van der Waals surface area contributed by atoms with Crippen LogP contribution in [0.1, 0.15) is 33.9 Å². The Morgan fingerprint density at radius 1 is 0.769 bits per heavy atom. The monoisotopic (exact) mass is 338 g/mol. The van der Waals surface area contributed by atoms with Crippen LogP contribution in [0, 0.1) is 20.8 Å². The largest absolute Gasteiger partial charge is 0.239 e. The van der Waals surface area contributed by atoms with Gasteiger partial charge in [0.05, 0.1) is 5.10 Å². The fourth-order valence-corrected chi connectivity index (χ4v) is 4.22. The van der Waals surface area contributed by atoms with Crippen molar-refractivity contribution >= 4 is 11.4 Å². The summed E-state index contributed by atoms with van der Waals surface area (Å²) in [7, 11) is 0. The van der Waals surface area contributed by atoms with Gasteiger partial charge in [-0.05, 0) is 49.1 Å². The minimum atomic E-state index is 0.0281. The molecule has 1 aliphatic heterocycles. The molecule has 0 fully saturated rings. The second kappa shape index (κ2) is 5.46. The number of hydrogen-bond donors (Lipinski definition) is 0. The highest BCUT2D eigenvalue weighted by atomic mass is 15.5. The van der Waals surface area contributed by atoms with Crippen molar-refractivity contribution in [2.45, 2.75) is 26.8 Å². The fourth-order valence-electron chi connectivity index (χ4n) is 4.22. The number of fused-ring (bicyclic) bond motifs is 6. The average Bonchev–Trinajstić information content (AvgIpc) is 3.07. The van der Waals surface area contributed by atoms with Crippen LogP contribution in [0.25, 0.3) is 11.1 Å². The van der Waals surface area contributed by atoms with Gasteiger partial charge in [-0.15, -0.1) is 4.70 Å². The minimum absolute atomic E-state index is 0.0281. The molecule has 0 spiro atoms. The van der Waals surface area contributed by atoms with Crippen molar-refractivity contribution in [3.05, 3.63) is 88.5 Å². The molecule has 0 aromatic heterocycles. The van der Waals surface area contributed by atoms with E-state index in [4.69, 9.17) is 0 Å². The maximum Gasteiger partial charge on any atom is 0.239 e. The molecule has 2 aliphatic rings. The second-order valence-electron chi connectivity index (χ2n) is 7.20. The van der Waals surface area contributed by atoms with Gasteiger partial charge < -0.3 is 0 Å². The molecule has 3 nitrogen and oxygen atoms in total. The predicted molar refractivity (Wildman–Crippen MR) is 104 cm³/mol. The first-order valence-electron chi connectivity index (χ1n) is 8.99. The van der Waals surface area contributed by atoms with Crippen molar-refractivity contribution in [1.82, 2.24) is 0 Å². The molecule has 5 rings (SSSR count). The molecule has 1 aliphatic carbocycles. The normalized spacial score (nSPS) is 17.1. The van der Waals surface area contributed by atoms with Gasteiger partial charge >= 0.3 is 0 Å². The molecule has 3 heteroatoms. The van der Waals surface area contributed by atoms with Crippen molar-refractivity contribution < 1.29 is 4.70 Å². The first-order valence-corrected chi connectivity index (χ1v) is 8.99. The van der Waals surface area contributed by atoms with Gasteiger partial charge in [0.2, 0.25) is 11.8 Å². The molecule has 0 amide bonds. The fraction of sp³-hybridized carbons (Fsp3) is 0.174. The van der Waals surface area contributed by atoms with Gasteiger partial charge in [0.1, 0.15) is 5.22 Å². The summed E-state index contributed by atoms with van der Waals surface area (Å²) >= 11 is 0. The summed E-state index contributed by atoms with van der Waals surface area (Å²) < 4.78 is 2.10. The van der Waals surface area contributed by atoms with Gasteiger partial charge in [0.15, 0.2) is 5.69 Å². The number of para-hydroxylation sites is 1. The zero-order valence-electron chi connectivity index (χ0n) is 15.2. The molecule has 3 aromatic carbocycles. The van der Waals surface area contributed by atoms with E-state index in [1.165, 1.54) is 38.9 Å². The third-order valence-corrected chi connectivity index (χ3v) is 5.42. The van der Waals surface area contributed by atoms with Crippen LogP contribution in [0.5, 0.6) is 0 Å². The highest BCUT2D eigenvalue weighted by Gasteiger charge is 2.44. The van der Waals surface area contributed by atoms with Crippen LogP contribution in [0.4, 0.5) is 5.69 Å². The highest BCUT2D eigenvalue weighted by molar-refractivity contribution is 6.12. The van der Waals surface area contributed by atoms with E-state index in [1.54, 1.807) is 0 Å². The van der Waals surface area contributed by atoms with Crippen molar-refractivity contribution in [2.24, 2.45) is 10.3 Å². The van der Waals surface area contributed by atoms with Crippen LogP contribution in [-0.4, -0.2) is 10.4 Å². The van der Waals surface area contributed by atoms with Crippen LogP contribution in [0.15, 0.2) is 71.0 Å². The van der Waals surface area contributed by atoms with Crippen LogP contribution in [-0.2, 0) is 0 Å². The molecule has 26 heavy (non-hydrogen) atoms. The standard InChI is InChI=1S/C23H20N3/c1-14-11-12-19-20(13-14)17-9-4-5-10-18(17)21-23(19)26(25-24-21)22-15(2)7-6-8-16(22)3/h4-13,23H,1-3H3/q+1. The van der Waals surface area contributed by atoms with E-state index in [1.807, 2.05) is 0 Å². The molecule has 0 radical (unpaired) electrons. The van der Waals surface area contributed by atoms with Gasteiger partial charge in [-0.3, -0.25) is 0 Å². The Labute approximate surface area is 153 Å². The van der Waals surface area contributed by atoms with Crippen LogP contribution < -0.4 is 0 Å². The molecule has 3 aromatic rings. The maximum atomic E-state index is 4.63. The quantitative estimate of drug-likeness (QED) is 0.498. The minimum Gasteiger partial charge on any atom is -0.113 e. The van der Waals surface area contributed by atoms with Crippen molar-refractivity contribution in [2.75, 3.05) is 0 Å². The van der Waals surface area contributed by atoms with E-state index in [0.717, 1.165) is 11.4 Å². The Balaban J connectivity index is 1.78. The smallest absolute Gasteiger partial charge is 0.113 e. The number of nitrogens with zero attached hydrogens (tertiary/aromatic N) is 3. The number of aryl methyl sites for hydroxylation is 3. The topological polar surface area (TPSA) is 27.7 Å². The second-order valence-corrected chi connectivity index (χ2v) is 7.20. The summed E-state index contributed by atoms with van der Waals surface area (Å²) in [5, 5.41) is 9.24. The maximum absolute atomic E-state index is 4.63. The molecule has 1 atom stereocenters. The summed E-state index contributed by atoms with van der Waals surface area (Å²) in [6.07, 6.45) is 0. The summed E-state index contributed by atoms with van der Waals surface area (Å²) in [4.78, 5) is 0. The van der Waals surface area contributed by atoms with Gasteiger partial charge in [-0.2, -0.15) is 0 Å². The van der Waals surface area contributed by atoms with E-state index in [-0.39, 0.29) is 6.04 Å². The van der Waals surface area contributed by atoms with Gasteiger partial charge in [-0.25, -0.2) is 0 Å². The molecule has 0 saturated carbocycles. The van der Waals surface area contributed by atoms with Crippen molar-refractivity contribution in [3.63, 3.8) is 0 Å². The van der Waals surface area contributed by atoms with Crippen LogP contribution in [0.3, 0.4) is 0 Å². The third kappa shape index (κ3) is 2.03. The number of hydrogen-bond acceptors (Lipinski definition) is 2.